The number of rotatable bonds is 8. The molecule has 1 aliphatic heterocycles. The van der Waals surface area contributed by atoms with E-state index in [1.54, 1.807) is 13.0 Å². The van der Waals surface area contributed by atoms with Crippen LogP contribution in [0, 0.1) is 10.1 Å². The van der Waals surface area contributed by atoms with Crippen molar-refractivity contribution >= 4 is 21.4 Å². The SMILES string of the molecule is C=CCON(C1CN=C(CO)C=C1C)S(=O)(=O)c1ccccc1[N+](=O)[O-]. The molecule has 2 rings (SSSR count). The lowest BCUT2D eigenvalue weighted by atomic mass is 10.1. The quantitative estimate of drug-likeness (QED) is 0.413. The fraction of sp³-hybridized carbons (Fsp3) is 0.312. The molecule has 0 bridgehead atoms. The van der Waals surface area contributed by atoms with Gasteiger partial charge in [-0.25, -0.2) is 8.42 Å². The number of nitro benzene ring substituents is 1. The average Bonchev–Trinajstić information content (AvgIpc) is 2.62. The molecule has 1 atom stereocenters. The van der Waals surface area contributed by atoms with Crippen LogP contribution in [0.1, 0.15) is 6.92 Å². The number of dihydropyridines is 1. The van der Waals surface area contributed by atoms with E-state index in [4.69, 9.17) is 4.84 Å². The first-order valence-electron chi connectivity index (χ1n) is 7.67. The highest BCUT2D eigenvalue weighted by molar-refractivity contribution is 7.89. The van der Waals surface area contributed by atoms with Crippen LogP contribution in [-0.4, -0.2) is 54.4 Å². The number of aliphatic hydroxyl groups is 1. The molecule has 0 fully saturated rings. The zero-order valence-electron chi connectivity index (χ0n) is 14.1. The van der Waals surface area contributed by atoms with Gasteiger partial charge in [0, 0.05) is 6.07 Å². The summed E-state index contributed by atoms with van der Waals surface area (Å²) in [7, 11) is -4.36. The molecule has 1 heterocycles. The van der Waals surface area contributed by atoms with Gasteiger partial charge in [-0.15, -0.1) is 6.58 Å². The van der Waals surface area contributed by atoms with Gasteiger partial charge in [-0.1, -0.05) is 22.7 Å². The Morgan fingerprint density at radius 2 is 2.19 bits per heavy atom. The molecule has 26 heavy (non-hydrogen) atoms. The van der Waals surface area contributed by atoms with Crippen LogP contribution in [-0.2, 0) is 14.9 Å². The van der Waals surface area contributed by atoms with Crippen molar-refractivity contribution in [1.29, 1.82) is 0 Å². The van der Waals surface area contributed by atoms with Crippen molar-refractivity contribution in [1.82, 2.24) is 4.47 Å². The number of nitro groups is 1. The Morgan fingerprint density at radius 1 is 1.50 bits per heavy atom. The van der Waals surface area contributed by atoms with Crippen molar-refractivity contribution in [3.8, 4) is 0 Å². The van der Waals surface area contributed by atoms with Crippen molar-refractivity contribution in [3.63, 3.8) is 0 Å². The van der Waals surface area contributed by atoms with E-state index in [-0.39, 0.29) is 19.8 Å². The first-order valence-corrected chi connectivity index (χ1v) is 9.11. The van der Waals surface area contributed by atoms with Gasteiger partial charge in [-0.3, -0.25) is 19.9 Å². The summed E-state index contributed by atoms with van der Waals surface area (Å²) < 4.78 is 26.9. The van der Waals surface area contributed by atoms with Crippen molar-refractivity contribution in [2.75, 3.05) is 19.8 Å². The van der Waals surface area contributed by atoms with E-state index in [1.807, 2.05) is 0 Å². The number of aliphatic imine (C=N–C) groups is 1. The molecule has 1 aliphatic rings. The predicted octanol–water partition coefficient (Wildman–Crippen LogP) is 1.46. The summed E-state index contributed by atoms with van der Waals surface area (Å²) in [6.45, 7) is 4.81. The maximum atomic E-state index is 13.1. The van der Waals surface area contributed by atoms with E-state index in [0.29, 0.717) is 11.3 Å². The molecule has 1 unspecified atom stereocenters. The number of hydrogen-bond donors (Lipinski definition) is 1. The Labute approximate surface area is 151 Å². The van der Waals surface area contributed by atoms with Crippen molar-refractivity contribution < 1.29 is 23.3 Å². The first kappa shape index (κ1) is 19.9. The summed E-state index contributed by atoms with van der Waals surface area (Å²) in [5.74, 6) is 0. The fourth-order valence-corrected chi connectivity index (χ4v) is 4.08. The van der Waals surface area contributed by atoms with Gasteiger partial charge in [0.15, 0.2) is 4.90 Å². The summed E-state index contributed by atoms with van der Waals surface area (Å²) >= 11 is 0. The smallest absolute Gasteiger partial charge is 0.289 e. The molecule has 0 saturated heterocycles. The summed E-state index contributed by atoms with van der Waals surface area (Å²) in [4.78, 5) is 19.5. The highest BCUT2D eigenvalue weighted by Crippen LogP contribution is 2.30. The molecule has 0 spiro atoms. The lowest BCUT2D eigenvalue weighted by molar-refractivity contribution is -0.387. The van der Waals surface area contributed by atoms with Gasteiger partial charge in [-0.2, -0.15) is 0 Å². The molecule has 0 saturated carbocycles. The molecule has 140 valence electrons. The van der Waals surface area contributed by atoms with Gasteiger partial charge in [-0.05, 0) is 24.6 Å². The Hall–Kier alpha value is -2.40. The molecule has 0 aliphatic carbocycles. The van der Waals surface area contributed by atoms with Crippen LogP contribution in [0.5, 0.6) is 0 Å². The molecular weight excluding hydrogens is 362 g/mol. The topological polar surface area (TPSA) is 122 Å². The average molecular weight is 381 g/mol. The molecule has 0 amide bonds. The minimum Gasteiger partial charge on any atom is -0.390 e. The Balaban J connectivity index is 2.50. The number of sulfonamides is 1. The van der Waals surface area contributed by atoms with Gasteiger partial charge >= 0.3 is 0 Å². The van der Waals surface area contributed by atoms with Crippen LogP contribution in [0.25, 0.3) is 0 Å². The lowest BCUT2D eigenvalue weighted by Crippen LogP contribution is -2.44. The summed E-state index contributed by atoms with van der Waals surface area (Å²) in [6.07, 6.45) is 2.93. The zero-order valence-corrected chi connectivity index (χ0v) is 14.9. The molecule has 0 aromatic heterocycles. The maximum absolute atomic E-state index is 13.1. The molecule has 1 aromatic carbocycles. The summed E-state index contributed by atoms with van der Waals surface area (Å²) in [5, 5.41) is 20.4. The highest BCUT2D eigenvalue weighted by Gasteiger charge is 2.38. The third-order valence-electron chi connectivity index (χ3n) is 3.70. The monoisotopic (exact) mass is 381 g/mol. The summed E-state index contributed by atoms with van der Waals surface area (Å²) in [6, 6.07) is 4.26. The van der Waals surface area contributed by atoms with E-state index < -0.39 is 31.6 Å². The van der Waals surface area contributed by atoms with Gasteiger partial charge < -0.3 is 5.11 Å². The van der Waals surface area contributed by atoms with E-state index >= 15 is 0 Å². The third-order valence-corrected chi connectivity index (χ3v) is 5.43. The number of hydroxylamine groups is 1. The molecule has 1 aromatic rings. The van der Waals surface area contributed by atoms with Crippen LogP contribution in [0.15, 0.2) is 58.5 Å². The molecule has 10 heteroatoms. The number of nitrogens with zero attached hydrogens (tertiary/aromatic N) is 3. The Bertz CT molecular complexity index is 862. The Morgan fingerprint density at radius 3 is 2.77 bits per heavy atom. The second-order valence-corrected chi connectivity index (χ2v) is 7.21. The number of aliphatic hydroxyl groups excluding tert-OH is 1. The van der Waals surface area contributed by atoms with Crippen LogP contribution < -0.4 is 0 Å². The first-order chi connectivity index (χ1) is 12.3. The van der Waals surface area contributed by atoms with Crippen LogP contribution in [0.3, 0.4) is 0 Å². The van der Waals surface area contributed by atoms with Gasteiger partial charge in [0.2, 0.25) is 0 Å². The molecule has 9 nitrogen and oxygen atoms in total. The van der Waals surface area contributed by atoms with E-state index in [2.05, 4.69) is 11.6 Å². The van der Waals surface area contributed by atoms with Crippen molar-refractivity contribution in [2.24, 2.45) is 4.99 Å². The summed E-state index contributed by atoms with van der Waals surface area (Å²) in [5.41, 5.74) is 0.470. The zero-order chi connectivity index (χ0) is 19.3. The van der Waals surface area contributed by atoms with E-state index in [1.165, 1.54) is 18.2 Å². The van der Waals surface area contributed by atoms with Crippen LogP contribution >= 0.6 is 0 Å². The highest BCUT2D eigenvalue weighted by atomic mass is 32.2. The minimum atomic E-state index is -4.36. The molecule has 0 radical (unpaired) electrons. The van der Waals surface area contributed by atoms with Crippen LogP contribution in [0.2, 0.25) is 0 Å². The van der Waals surface area contributed by atoms with E-state index in [9.17, 15) is 23.6 Å². The predicted molar refractivity (Wildman–Crippen MR) is 95.2 cm³/mol. The second-order valence-electron chi connectivity index (χ2n) is 5.46. The molecular formula is C16H19N3O6S. The fourth-order valence-electron chi connectivity index (χ4n) is 2.46. The maximum Gasteiger partial charge on any atom is 0.289 e. The Kier molecular flexibility index (Phi) is 6.37. The van der Waals surface area contributed by atoms with Gasteiger partial charge in [0.1, 0.15) is 0 Å². The third kappa shape index (κ3) is 4.05. The molecule has 1 N–H and O–H groups in total. The van der Waals surface area contributed by atoms with Gasteiger partial charge in [0.05, 0.1) is 36.4 Å². The number of hydrogen-bond acceptors (Lipinski definition) is 7. The lowest BCUT2D eigenvalue weighted by Gasteiger charge is -2.31. The number of benzene rings is 1. The minimum absolute atomic E-state index is 0.0230. The van der Waals surface area contributed by atoms with Crippen molar-refractivity contribution in [2.45, 2.75) is 17.9 Å². The standard InChI is InChI=1S/C16H19N3O6S/c1-3-8-25-19(15-10-17-13(11-20)9-12(15)2)26(23,24)16-7-5-4-6-14(16)18(21)22/h3-7,9,15,20H,1,8,10-11H2,2H3. The number of para-hydroxylation sites is 1. The van der Waals surface area contributed by atoms with Crippen molar-refractivity contribution in [3.05, 3.63) is 58.7 Å². The van der Waals surface area contributed by atoms with Gasteiger partial charge in [0.25, 0.3) is 15.7 Å². The van der Waals surface area contributed by atoms with E-state index in [0.717, 1.165) is 16.6 Å². The normalized spacial score (nSPS) is 17.6. The second kappa shape index (κ2) is 8.32. The van der Waals surface area contributed by atoms with Crippen LogP contribution in [0.4, 0.5) is 5.69 Å². The largest absolute Gasteiger partial charge is 0.390 e.